The van der Waals surface area contributed by atoms with Gasteiger partial charge in [-0.3, -0.25) is 14.5 Å². The van der Waals surface area contributed by atoms with Gasteiger partial charge in [-0.05, 0) is 17.6 Å². The summed E-state index contributed by atoms with van der Waals surface area (Å²) >= 11 is 6.30. The van der Waals surface area contributed by atoms with Crippen LogP contribution in [0.1, 0.15) is 25.8 Å². The maximum absolute atomic E-state index is 12.5. The number of carbonyl (C=O) groups excluding carboxylic acids is 3. The van der Waals surface area contributed by atoms with E-state index in [-0.39, 0.29) is 22.7 Å². The fourth-order valence-corrected chi connectivity index (χ4v) is 3.62. The lowest BCUT2D eigenvalue weighted by Crippen LogP contribution is -2.53. The number of aliphatic carboxylic acids is 1. The number of benzene rings is 1. The zero-order chi connectivity index (χ0) is 19.3. The lowest BCUT2D eigenvalue weighted by Gasteiger charge is -2.26. The van der Waals surface area contributed by atoms with E-state index in [1.165, 1.54) is 4.90 Å². The van der Waals surface area contributed by atoms with Crippen molar-refractivity contribution in [1.82, 2.24) is 10.2 Å². The lowest BCUT2D eigenvalue weighted by atomic mass is 9.99. The van der Waals surface area contributed by atoms with Gasteiger partial charge in [-0.25, -0.2) is 0 Å². The normalized spacial score (nSPS) is 18.1. The molecule has 1 aliphatic rings. The number of thioether (sulfide) groups is 1. The number of rotatable bonds is 7. The summed E-state index contributed by atoms with van der Waals surface area (Å²) in [6, 6.07) is 8.19. The summed E-state index contributed by atoms with van der Waals surface area (Å²) in [5.74, 6) is -2.58. The maximum Gasteiger partial charge on any atom is 0.266 e. The van der Waals surface area contributed by atoms with Crippen LogP contribution >= 0.6 is 24.0 Å². The van der Waals surface area contributed by atoms with E-state index in [2.05, 4.69) is 5.32 Å². The molecule has 2 rings (SSSR count). The minimum atomic E-state index is -1.35. The van der Waals surface area contributed by atoms with Gasteiger partial charge in [-0.15, -0.1) is 0 Å². The highest BCUT2D eigenvalue weighted by Gasteiger charge is 2.34. The van der Waals surface area contributed by atoms with Crippen LogP contribution in [0.5, 0.6) is 0 Å². The van der Waals surface area contributed by atoms with Crippen LogP contribution in [0, 0.1) is 5.92 Å². The molecule has 26 heavy (non-hydrogen) atoms. The second-order valence-corrected chi connectivity index (χ2v) is 7.60. The van der Waals surface area contributed by atoms with E-state index < -0.39 is 17.9 Å². The Morgan fingerprint density at radius 2 is 2.00 bits per heavy atom. The first-order valence-corrected chi connectivity index (χ1v) is 9.36. The van der Waals surface area contributed by atoms with Gasteiger partial charge in [0.05, 0.1) is 16.9 Å². The average molecular weight is 391 g/mol. The van der Waals surface area contributed by atoms with E-state index in [0.29, 0.717) is 11.3 Å². The van der Waals surface area contributed by atoms with Crippen LogP contribution in [0.2, 0.25) is 0 Å². The van der Waals surface area contributed by atoms with Gasteiger partial charge in [-0.2, -0.15) is 0 Å². The maximum atomic E-state index is 12.5. The first-order chi connectivity index (χ1) is 12.3. The molecule has 0 bridgehead atoms. The van der Waals surface area contributed by atoms with Gasteiger partial charge in [0.2, 0.25) is 5.91 Å². The standard InChI is InChI=1S/C18H20N2O4S2/c1-3-11(2)15(17(23)24)19-14(21)10-20-16(22)13(26-18(20)25)9-12-7-5-4-6-8-12/h4-9,11,15H,3,10H2,1-2H3,(H,19,21)(H,23,24)/p-1/b13-9-/t11-,15-/m1/s1. The molecule has 0 aliphatic carbocycles. The Kier molecular flexibility index (Phi) is 6.93. The number of carboxylic acids is 1. The van der Waals surface area contributed by atoms with E-state index >= 15 is 0 Å². The van der Waals surface area contributed by atoms with Crippen molar-refractivity contribution in [1.29, 1.82) is 0 Å². The summed E-state index contributed by atoms with van der Waals surface area (Å²) in [5.41, 5.74) is 0.853. The zero-order valence-electron chi connectivity index (χ0n) is 14.4. The summed E-state index contributed by atoms with van der Waals surface area (Å²) in [6.45, 7) is 3.21. The fraction of sp³-hybridized carbons (Fsp3) is 0.333. The highest BCUT2D eigenvalue weighted by atomic mass is 32.2. The van der Waals surface area contributed by atoms with Crippen molar-refractivity contribution in [3.63, 3.8) is 0 Å². The predicted molar refractivity (Wildman–Crippen MR) is 103 cm³/mol. The molecule has 6 nitrogen and oxygen atoms in total. The monoisotopic (exact) mass is 391 g/mol. The van der Waals surface area contributed by atoms with Crippen molar-refractivity contribution in [2.24, 2.45) is 5.92 Å². The number of carbonyl (C=O) groups is 3. The summed E-state index contributed by atoms with van der Waals surface area (Å²) < 4.78 is 0.265. The molecule has 8 heteroatoms. The van der Waals surface area contributed by atoms with Crippen molar-refractivity contribution < 1.29 is 19.5 Å². The molecule has 1 aromatic carbocycles. The molecule has 1 heterocycles. The predicted octanol–water partition coefficient (Wildman–Crippen LogP) is 1.17. The molecule has 0 aromatic heterocycles. The summed E-state index contributed by atoms with van der Waals surface area (Å²) in [7, 11) is 0. The van der Waals surface area contributed by atoms with Gasteiger partial charge in [0.1, 0.15) is 10.9 Å². The molecule has 1 saturated heterocycles. The molecule has 138 valence electrons. The van der Waals surface area contributed by atoms with Crippen molar-refractivity contribution in [3.05, 3.63) is 40.8 Å². The average Bonchev–Trinajstić information content (AvgIpc) is 2.87. The smallest absolute Gasteiger partial charge is 0.266 e. The molecule has 2 atom stereocenters. The van der Waals surface area contributed by atoms with Crippen LogP contribution in [-0.2, 0) is 14.4 Å². The number of thiocarbonyl (C=S) groups is 1. The fourth-order valence-electron chi connectivity index (χ4n) is 2.37. The van der Waals surface area contributed by atoms with Crippen LogP contribution in [0.15, 0.2) is 35.2 Å². The highest BCUT2D eigenvalue weighted by molar-refractivity contribution is 8.26. The third-order valence-electron chi connectivity index (χ3n) is 4.06. The van der Waals surface area contributed by atoms with Crippen molar-refractivity contribution in [2.75, 3.05) is 6.54 Å². The molecule has 2 amide bonds. The first kappa shape index (κ1) is 20.1. The Labute approximate surface area is 161 Å². The van der Waals surface area contributed by atoms with Gasteiger partial charge in [0, 0.05) is 0 Å². The number of nitrogens with zero attached hydrogens (tertiary/aromatic N) is 1. The summed E-state index contributed by atoms with van der Waals surface area (Å²) in [4.78, 5) is 37.5. The van der Waals surface area contributed by atoms with Gasteiger partial charge in [0.25, 0.3) is 5.91 Å². The molecule has 1 aliphatic heterocycles. The van der Waals surface area contributed by atoms with Crippen LogP contribution in [0.3, 0.4) is 0 Å². The molecule has 0 unspecified atom stereocenters. The Morgan fingerprint density at radius 3 is 2.58 bits per heavy atom. The van der Waals surface area contributed by atoms with E-state index in [9.17, 15) is 19.5 Å². The molecular formula is C18H19N2O4S2-. The minimum Gasteiger partial charge on any atom is -0.548 e. The van der Waals surface area contributed by atoms with Crippen LogP contribution in [0.4, 0.5) is 0 Å². The van der Waals surface area contributed by atoms with E-state index in [1.54, 1.807) is 13.0 Å². The quantitative estimate of drug-likeness (QED) is 0.554. The van der Waals surface area contributed by atoms with E-state index in [4.69, 9.17) is 12.2 Å². The Hall–Kier alpha value is -2.19. The second kappa shape index (κ2) is 8.95. The molecule has 0 spiro atoms. The minimum absolute atomic E-state index is 0.265. The topological polar surface area (TPSA) is 89.5 Å². The van der Waals surface area contributed by atoms with Gasteiger partial charge in [0.15, 0.2) is 0 Å². The van der Waals surface area contributed by atoms with Crippen LogP contribution in [0.25, 0.3) is 6.08 Å². The van der Waals surface area contributed by atoms with Crippen LogP contribution < -0.4 is 10.4 Å². The largest absolute Gasteiger partial charge is 0.548 e. The lowest BCUT2D eigenvalue weighted by molar-refractivity contribution is -0.309. The summed E-state index contributed by atoms with van der Waals surface area (Å²) in [6.07, 6.45) is 2.28. The van der Waals surface area contributed by atoms with Gasteiger partial charge < -0.3 is 15.2 Å². The van der Waals surface area contributed by atoms with Gasteiger partial charge >= 0.3 is 0 Å². The zero-order valence-corrected chi connectivity index (χ0v) is 16.1. The molecule has 1 aromatic rings. The van der Waals surface area contributed by atoms with Gasteiger partial charge in [-0.1, -0.05) is 74.6 Å². The Morgan fingerprint density at radius 1 is 1.35 bits per heavy atom. The number of hydrogen-bond donors (Lipinski definition) is 1. The summed E-state index contributed by atoms with van der Waals surface area (Å²) in [5, 5.41) is 13.6. The number of nitrogens with one attached hydrogen (secondary N) is 1. The Balaban J connectivity index is 2.06. The molecule has 0 radical (unpaired) electrons. The second-order valence-electron chi connectivity index (χ2n) is 5.93. The molecular weight excluding hydrogens is 372 g/mol. The Bertz CT molecular complexity index is 749. The van der Waals surface area contributed by atoms with E-state index in [0.717, 1.165) is 17.3 Å². The van der Waals surface area contributed by atoms with Crippen molar-refractivity contribution in [2.45, 2.75) is 26.3 Å². The van der Waals surface area contributed by atoms with E-state index in [1.807, 2.05) is 37.3 Å². The molecule has 1 fully saturated rings. The number of carboxylic acid groups (broad SMARTS) is 1. The van der Waals surface area contributed by atoms with Crippen molar-refractivity contribution >= 4 is 52.2 Å². The van der Waals surface area contributed by atoms with Crippen molar-refractivity contribution in [3.8, 4) is 0 Å². The third-order valence-corrected chi connectivity index (χ3v) is 5.43. The highest BCUT2D eigenvalue weighted by Crippen LogP contribution is 2.32. The number of amides is 2. The SMILES string of the molecule is CC[C@@H](C)[C@@H](NC(=O)CN1C(=O)/C(=C/c2ccccc2)SC1=S)C(=O)[O-]. The molecule has 0 saturated carbocycles. The van der Waals surface area contributed by atoms with Crippen LogP contribution in [-0.4, -0.2) is 39.6 Å². The number of hydrogen-bond acceptors (Lipinski definition) is 6. The molecule has 1 N–H and O–H groups in total. The third kappa shape index (κ3) is 4.92. The first-order valence-electron chi connectivity index (χ1n) is 8.14.